The van der Waals surface area contributed by atoms with Crippen molar-refractivity contribution < 1.29 is 14.6 Å². The molecule has 1 fully saturated rings. The van der Waals surface area contributed by atoms with Gasteiger partial charge in [0.2, 0.25) is 0 Å². The Balaban J connectivity index is 2.13. The molecule has 0 bridgehead atoms. The minimum Gasteiger partial charge on any atom is -0.493 e. The molecule has 1 N–H and O–H groups in total. The molecule has 1 aromatic rings. The number of aliphatic hydroxyl groups excluding tert-OH is 1. The molecule has 4 nitrogen and oxygen atoms in total. The average Bonchev–Trinajstić information content (AvgIpc) is 2.85. The van der Waals surface area contributed by atoms with E-state index in [2.05, 4.69) is 31.0 Å². The Morgan fingerprint density at radius 3 is 2.64 bits per heavy atom. The van der Waals surface area contributed by atoms with Crippen LogP contribution in [0.15, 0.2) is 29.8 Å². The van der Waals surface area contributed by atoms with E-state index in [4.69, 9.17) is 9.47 Å². The summed E-state index contributed by atoms with van der Waals surface area (Å²) in [7, 11) is 5.48. The van der Waals surface area contributed by atoms with Crippen molar-refractivity contribution in [2.45, 2.75) is 37.3 Å². The summed E-state index contributed by atoms with van der Waals surface area (Å²) in [6, 6.07) is 6.55. The molecule has 2 aliphatic rings. The molecule has 120 valence electrons. The number of fused-ring (bicyclic) bond motifs is 1. The summed E-state index contributed by atoms with van der Waals surface area (Å²) in [5.41, 5.74) is 2.47. The Bertz CT molecular complexity index is 598. The van der Waals surface area contributed by atoms with Crippen LogP contribution in [0.4, 0.5) is 0 Å². The first kappa shape index (κ1) is 15.4. The predicted octanol–water partition coefficient (Wildman–Crippen LogP) is 2.36. The lowest BCUT2D eigenvalue weighted by molar-refractivity contribution is 0.132. The molecule has 1 aromatic carbocycles. The van der Waals surface area contributed by atoms with Gasteiger partial charge in [-0.2, -0.15) is 0 Å². The Hall–Kier alpha value is -1.52. The van der Waals surface area contributed by atoms with E-state index >= 15 is 0 Å². The lowest BCUT2D eigenvalue weighted by Crippen LogP contribution is -2.47. The van der Waals surface area contributed by atoms with Crippen LogP contribution in [0.1, 0.15) is 25.3 Å². The first-order valence-electron chi connectivity index (χ1n) is 7.82. The lowest BCUT2D eigenvalue weighted by atomic mass is 9.65. The molecule has 0 radical (unpaired) electrons. The maximum atomic E-state index is 10.1. The van der Waals surface area contributed by atoms with Gasteiger partial charge in [-0.15, -0.1) is 0 Å². The molecule has 0 aromatic heterocycles. The van der Waals surface area contributed by atoms with Crippen LogP contribution in [0, 0.1) is 0 Å². The highest BCUT2D eigenvalue weighted by molar-refractivity contribution is 5.50. The minimum atomic E-state index is -0.348. The van der Waals surface area contributed by atoms with Crippen LogP contribution < -0.4 is 9.47 Å². The molecule has 1 aliphatic carbocycles. The molecule has 1 aliphatic heterocycles. The van der Waals surface area contributed by atoms with Crippen LogP contribution in [-0.2, 0) is 5.41 Å². The van der Waals surface area contributed by atoms with E-state index < -0.39 is 0 Å². The average molecular weight is 303 g/mol. The van der Waals surface area contributed by atoms with Gasteiger partial charge in [-0.3, -0.25) is 0 Å². The summed E-state index contributed by atoms with van der Waals surface area (Å²) in [6.07, 6.45) is 3.52. The van der Waals surface area contributed by atoms with Crippen LogP contribution in [0.25, 0.3) is 0 Å². The Kier molecular flexibility index (Phi) is 3.91. The minimum absolute atomic E-state index is 0.0342. The van der Waals surface area contributed by atoms with Gasteiger partial charge < -0.3 is 19.5 Å². The summed E-state index contributed by atoms with van der Waals surface area (Å²) >= 11 is 0. The maximum Gasteiger partial charge on any atom is 0.161 e. The fourth-order valence-electron chi connectivity index (χ4n) is 4.30. The number of rotatable bonds is 3. The second kappa shape index (κ2) is 5.60. The van der Waals surface area contributed by atoms with Gasteiger partial charge in [-0.25, -0.2) is 0 Å². The zero-order chi connectivity index (χ0) is 15.9. The highest BCUT2D eigenvalue weighted by Gasteiger charge is 2.51. The summed E-state index contributed by atoms with van der Waals surface area (Å²) in [6.45, 7) is 3.18. The van der Waals surface area contributed by atoms with Gasteiger partial charge in [0.05, 0.1) is 20.3 Å². The van der Waals surface area contributed by atoms with Gasteiger partial charge >= 0.3 is 0 Å². The summed E-state index contributed by atoms with van der Waals surface area (Å²) in [5.74, 6) is 1.52. The second-order valence-electron chi connectivity index (χ2n) is 6.44. The van der Waals surface area contributed by atoms with Crippen molar-refractivity contribution >= 4 is 0 Å². The summed E-state index contributed by atoms with van der Waals surface area (Å²) in [4.78, 5) is 2.37. The maximum absolute atomic E-state index is 10.1. The van der Waals surface area contributed by atoms with Gasteiger partial charge in [0.15, 0.2) is 11.5 Å². The third-order valence-corrected chi connectivity index (χ3v) is 5.47. The Labute approximate surface area is 132 Å². The third-order valence-electron chi connectivity index (χ3n) is 5.47. The van der Waals surface area contributed by atoms with Crippen molar-refractivity contribution in [3.63, 3.8) is 0 Å². The van der Waals surface area contributed by atoms with E-state index in [0.717, 1.165) is 30.9 Å². The van der Waals surface area contributed by atoms with Gasteiger partial charge in [-0.05, 0) is 51.1 Å². The molecule has 0 saturated carbocycles. The highest BCUT2D eigenvalue weighted by Crippen LogP contribution is 2.50. The number of hydrogen-bond donors (Lipinski definition) is 1. The fraction of sp³-hybridized carbons (Fsp3) is 0.556. The number of likely N-dealkylation sites (tertiary alicyclic amines) is 1. The topological polar surface area (TPSA) is 41.9 Å². The highest BCUT2D eigenvalue weighted by atomic mass is 16.5. The SMILES string of the molecule is COc1ccc([C@]23CCN(C)[C@H]2C[C@H](O)C=C3C)cc1OC. The predicted molar refractivity (Wildman–Crippen MR) is 86.6 cm³/mol. The van der Waals surface area contributed by atoms with E-state index in [1.54, 1.807) is 14.2 Å². The molecular formula is C18H25NO3. The van der Waals surface area contributed by atoms with Crippen LogP contribution in [0.5, 0.6) is 11.5 Å². The number of ether oxygens (including phenoxy) is 2. The number of nitrogens with zero attached hydrogens (tertiary/aromatic N) is 1. The number of methoxy groups -OCH3 is 2. The van der Waals surface area contributed by atoms with Crippen LogP contribution in [-0.4, -0.2) is 50.0 Å². The van der Waals surface area contributed by atoms with Crippen molar-refractivity contribution in [2.24, 2.45) is 0 Å². The normalized spacial score (nSPS) is 31.6. The zero-order valence-corrected chi connectivity index (χ0v) is 13.8. The fourth-order valence-corrected chi connectivity index (χ4v) is 4.30. The molecular weight excluding hydrogens is 278 g/mol. The molecule has 3 rings (SSSR count). The third kappa shape index (κ3) is 2.13. The number of hydrogen-bond acceptors (Lipinski definition) is 4. The monoisotopic (exact) mass is 303 g/mol. The molecule has 22 heavy (non-hydrogen) atoms. The summed E-state index contributed by atoms with van der Waals surface area (Å²) in [5, 5.41) is 10.1. The lowest BCUT2D eigenvalue weighted by Gasteiger charge is -2.43. The van der Waals surface area contributed by atoms with Gasteiger partial charge in [0, 0.05) is 11.5 Å². The van der Waals surface area contributed by atoms with Gasteiger partial charge in [-0.1, -0.05) is 17.7 Å². The van der Waals surface area contributed by atoms with Crippen LogP contribution in [0.3, 0.4) is 0 Å². The van der Waals surface area contributed by atoms with Crippen molar-refractivity contribution in [2.75, 3.05) is 27.8 Å². The smallest absolute Gasteiger partial charge is 0.161 e. The first-order valence-corrected chi connectivity index (χ1v) is 7.82. The first-order chi connectivity index (χ1) is 10.5. The number of aliphatic hydroxyl groups is 1. The second-order valence-corrected chi connectivity index (χ2v) is 6.44. The van der Waals surface area contributed by atoms with E-state index in [1.807, 2.05) is 12.1 Å². The molecule has 0 amide bonds. The molecule has 4 heteroatoms. The van der Waals surface area contributed by atoms with Crippen molar-refractivity contribution in [1.82, 2.24) is 4.90 Å². The molecule has 1 saturated heterocycles. The van der Waals surface area contributed by atoms with Crippen LogP contribution in [0.2, 0.25) is 0 Å². The van der Waals surface area contributed by atoms with Crippen molar-refractivity contribution in [3.05, 3.63) is 35.4 Å². The Morgan fingerprint density at radius 1 is 1.23 bits per heavy atom. The zero-order valence-electron chi connectivity index (χ0n) is 13.8. The van der Waals surface area contributed by atoms with Crippen molar-refractivity contribution in [1.29, 1.82) is 0 Å². The molecule has 3 atom stereocenters. The van der Waals surface area contributed by atoms with Gasteiger partial charge in [0.1, 0.15) is 0 Å². The molecule has 0 spiro atoms. The number of likely N-dealkylation sites (N-methyl/N-ethyl adjacent to an activating group) is 1. The summed E-state index contributed by atoms with van der Waals surface area (Å²) < 4.78 is 10.9. The molecule has 1 heterocycles. The quantitative estimate of drug-likeness (QED) is 0.871. The van der Waals surface area contributed by atoms with E-state index in [-0.39, 0.29) is 11.5 Å². The van der Waals surface area contributed by atoms with Crippen LogP contribution >= 0.6 is 0 Å². The van der Waals surface area contributed by atoms with Crippen molar-refractivity contribution in [3.8, 4) is 11.5 Å². The standard InChI is InChI=1S/C18H25NO3/c1-12-9-14(20)11-17-18(12,7-8-19(17)2)13-5-6-15(21-3)16(10-13)22-4/h5-6,9-10,14,17,20H,7-8,11H2,1-4H3/t14-,17+,18-/m1/s1. The van der Waals surface area contributed by atoms with E-state index in [9.17, 15) is 5.11 Å². The Morgan fingerprint density at radius 2 is 1.95 bits per heavy atom. The van der Waals surface area contributed by atoms with E-state index in [0.29, 0.717) is 6.04 Å². The number of benzene rings is 1. The van der Waals surface area contributed by atoms with E-state index in [1.165, 1.54) is 11.1 Å². The van der Waals surface area contributed by atoms with Gasteiger partial charge in [0.25, 0.3) is 0 Å². The molecule has 0 unspecified atom stereocenters. The largest absolute Gasteiger partial charge is 0.493 e.